The number of amides is 1. The smallest absolute Gasteiger partial charge is 0.331 e. The summed E-state index contributed by atoms with van der Waals surface area (Å²) in [5.41, 5.74) is 0.810. The molecule has 9 heteroatoms. The lowest BCUT2D eigenvalue weighted by atomic mass is 10.1. The molecule has 0 saturated carbocycles. The number of fused-ring (bicyclic) bond motifs is 1. The van der Waals surface area contributed by atoms with Gasteiger partial charge in [0.25, 0.3) is 5.56 Å². The number of ether oxygens (including phenoxy) is 2. The molecule has 8 nitrogen and oxygen atoms in total. The molecule has 0 spiro atoms. The fourth-order valence-corrected chi connectivity index (χ4v) is 4.39. The molecule has 0 aliphatic carbocycles. The quantitative estimate of drug-likeness (QED) is 0.328. The fourth-order valence-electron chi connectivity index (χ4n) is 4.39. The number of nitrogens with zero attached hydrogens (tertiary/aromatic N) is 2. The van der Waals surface area contributed by atoms with Crippen molar-refractivity contribution in [1.82, 2.24) is 14.5 Å². The number of rotatable bonds is 11. The molecule has 0 bridgehead atoms. The second-order valence-corrected chi connectivity index (χ2v) is 8.83. The highest BCUT2D eigenvalue weighted by molar-refractivity contribution is 5.78. The fraction of sp³-hybridized carbons (Fsp3) is 0.276. The molecule has 0 aliphatic rings. The SMILES string of the molecule is COc1ccc(CCNC(=O)CCCn2c(=O)c3ccccc3n(Cc3ccccc3F)c2=O)cc1OC. The summed E-state index contributed by atoms with van der Waals surface area (Å²) in [6.07, 6.45) is 1.06. The van der Waals surface area contributed by atoms with Gasteiger partial charge < -0.3 is 14.8 Å². The van der Waals surface area contributed by atoms with Crippen LogP contribution in [-0.2, 0) is 24.3 Å². The van der Waals surface area contributed by atoms with E-state index in [1.165, 1.54) is 10.6 Å². The maximum Gasteiger partial charge on any atom is 0.331 e. The number of hydrogen-bond acceptors (Lipinski definition) is 5. The van der Waals surface area contributed by atoms with Crippen LogP contribution in [0.25, 0.3) is 10.9 Å². The molecule has 1 amide bonds. The van der Waals surface area contributed by atoms with Gasteiger partial charge in [-0.05, 0) is 48.7 Å². The minimum absolute atomic E-state index is 0.0110. The van der Waals surface area contributed by atoms with Gasteiger partial charge in [0.15, 0.2) is 11.5 Å². The van der Waals surface area contributed by atoms with Gasteiger partial charge in [-0.25, -0.2) is 9.18 Å². The molecule has 1 N–H and O–H groups in total. The highest BCUT2D eigenvalue weighted by atomic mass is 19.1. The van der Waals surface area contributed by atoms with Crippen molar-refractivity contribution in [1.29, 1.82) is 0 Å². The lowest BCUT2D eigenvalue weighted by Crippen LogP contribution is -2.40. The second kappa shape index (κ2) is 12.2. The number of halogens is 1. The second-order valence-electron chi connectivity index (χ2n) is 8.83. The molecular formula is C29H30FN3O5. The Labute approximate surface area is 219 Å². The van der Waals surface area contributed by atoms with Crippen molar-refractivity contribution in [3.63, 3.8) is 0 Å². The number of carbonyl (C=O) groups excluding carboxylic acids is 1. The van der Waals surface area contributed by atoms with Crippen LogP contribution in [0.2, 0.25) is 0 Å². The maximum atomic E-state index is 14.3. The van der Waals surface area contributed by atoms with E-state index in [0.717, 1.165) is 10.1 Å². The first kappa shape index (κ1) is 26.7. The molecule has 38 heavy (non-hydrogen) atoms. The van der Waals surface area contributed by atoms with Crippen molar-refractivity contribution in [3.05, 3.63) is 105 Å². The Morgan fingerprint density at radius 3 is 2.42 bits per heavy atom. The van der Waals surface area contributed by atoms with Crippen LogP contribution in [-0.4, -0.2) is 35.8 Å². The number of para-hydroxylation sites is 1. The van der Waals surface area contributed by atoms with E-state index in [4.69, 9.17) is 9.47 Å². The summed E-state index contributed by atoms with van der Waals surface area (Å²) >= 11 is 0. The Bertz CT molecular complexity index is 1560. The third-order valence-corrected chi connectivity index (χ3v) is 6.39. The Morgan fingerprint density at radius 1 is 0.921 bits per heavy atom. The van der Waals surface area contributed by atoms with Crippen LogP contribution in [0, 0.1) is 5.82 Å². The van der Waals surface area contributed by atoms with E-state index < -0.39 is 17.1 Å². The molecule has 0 fully saturated rings. The highest BCUT2D eigenvalue weighted by Crippen LogP contribution is 2.27. The molecule has 4 rings (SSSR count). The molecule has 1 heterocycles. The van der Waals surface area contributed by atoms with Crippen molar-refractivity contribution in [3.8, 4) is 11.5 Å². The molecule has 0 aliphatic heterocycles. The Hall–Kier alpha value is -4.40. The minimum Gasteiger partial charge on any atom is -0.493 e. The zero-order valence-corrected chi connectivity index (χ0v) is 21.4. The molecule has 0 atom stereocenters. The van der Waals surface area contributed by atoms with Crippen LogP contribution in [0.1, 0.15) is 24.0 Å². The topological polar surface area (TPSA) is 91.6 Å². The molecule has 3 aromatic carbocycles. The van der Waals surface area contributed by atoms with Gasteiger partial charge in [-0.1, -0.05) is 36.4 Å². The number of benzene rings is 3. The monoisotopic (exact) mass is 519 g/mol. The van der Waals surface area contributed by atoms with Crippen molar-refractivity contribution in [2.45, 2.75) is 32.4 Å². The van der Waals surface area contributed by atoms with Crippen molar-refractivity contribution in [2.24, 2.45) is 0 Å². The van der Waals surface area contributed by atoms with Gasteiger partial charge in [0.05, 0.1) is 31.7 Å². The Morgan fingerprint density at radius 2 is 1.66 bits per heavy atom. The third-order valence-electron chi connectivity index (χ3n) is 6.39. The van der Waals surface area contributed by atoms with Gasteiger partial charge in [0.2, 0.25) is 5.91 Å². The first-order chi connectivity index (χ1) is 18.4. The number of aromatic nitrogens is 2. The Balaban J connectivity index is 1.42. The lowest BCUT2D eigenvalue weighted by Gasteiger charge is -2.14. The first-order valence-electron chi connectivity index (χ1n) is 12.4. The summed E-state index contributed by atoms with van der Waals surface area (Å²) in [7, 11) is 3.14. The number of nitrogens with one attached hydrogen (secondary N) is 1. The van der Waals surface area contributed by atoms with E-state index in [0.29, 0.717) is 47.4 Å². The van der Waals surface area contributed by atoms with Gasteiger partial charge >= 0.3 is 5.69 Å². The lowest BCUT2D eigenvalue weighted by molar-refractivity contribution is -0.121. The summed E-state index contributed by atoms with van der Waals surface area (Å²) in [4.78, 5) is 38.8. The van der Waals surface area contributed by atoms with Crippen LogP contribution in [0.15, 0.2) is 76.3 Å². The van der Waals surface area contributed by atoms with E-state index in [2.05, 4.69) is 5.32 Å². The molecule has 0 radical (unpaired) electrons. The van der Waals surface area contributed by atoms with Crippen LogP contribution in [0.4, 0.5) is 4.39 Å². The van der Waals surface area contributed by atoms with Gasteiger partial charge in [0, 0.05) is 25.1 Å². The average molecular weight is 520 g/mol. The number of hydrogen-bond donors (Lipinski definition) is 1. The van der Waals surface area contributed by atoms with Gasteiger partial charge in [-0.2, -0.15) is 0 Å². The summed E-state index contributed by atoms with van der Waals surface area (Å²) in [6, 6.07) is 18.6. The van der Waals surface area contributed by atoms with Crippen LogP contribution in [0.5, 0.6) is 11.5 Å². The molecule has 0 saturated heterocycles. The largest absolute Gasteiger partial charge is 0.493 e. The van der Waals surface area contributed by atoms with Crippen LogP contribution < -0.4 is 26.0 Å². The van der Waals surface area contributed by atoms with Gasteiger partial charge in [0.1, 0.15) is 5.82 Å². The highest BCUT2D eigenvalue weighted by Gasteiger charge is 2.15. The van der Waals surface area contributed by atoms with Crippen molar-refractivity contribution in [2.75, 3.05) is 20.8 Å². The van der Waals surface area contributed by atoms with E-state index in [-0.39, 0.29) is 25.4 Å². The van der Waals surface area contributed by atoms with Crippen LogP contribution in [0.3, 0.4) is 0 Å². The first-order valence-corrected chi connectivity index (χ1v) is 12.4. The standard InChI is InChI=1S/C29H30FN3O5/c1-37-25-14-13-20(18-26(25)38-2)15-16-31-27(34)12-7-17-32-28(35)22-9-4-6-11-24(22)33(29(32)36)19-21-8-3-5-10-23(21)30/h3-6,8-11,13-14,18H,7,12,15-17,19H2,1-2H3,(H,31,34). The van der Waals surface area contributed by atoms with Crippen molar-refractivity contribution < 1.29 is 18.7 Å². The van der Waals surface area contributed by atoms with Gasteiger partial charge in [-0.15, -0.1) is 0 Å². The zero-order chi connectivity index (χ0) is 27.1. The molecular weight excluding hydrogens is 489 g/mol. The Kier molecular flexibility index (Phi) is 8.58. The molecule has 0 unspecified atom stereocenters. The molecule has 198 valence electrons. The summed E-state index contributed by atoms with van der Waals surface area (Å²) in [6.45, 7) is 0.492. The average Bonchev–Trinajstić information content (AvgIpc) is 2.93. The molecule has 1 aromatic heterocycles. The van der Waals surface area contributed by atoms with E-state index >= 15 is 0 Å². The maximum absolute atomic E-state index is 14.3. The summed E-state index contributed by atoms with van der Waals surface area (Å²) in [5.74, 6) is 0.659. The molecule has 4 aromatic rings. The summed E-state index contributed by atoms with van der Waals surface area (Å²) in [5, 5.41) is 3.23. The third kappa shape index (κ3) is 5.94. The summed E-state index contributed by atoms with van der Waals surface area (Å²) < 4.78 is 27.4. The van der Waals surface area contributed by atoms with E-state index in [1.54, 1.807) is 56.7 Å². The van der Waals surface area contributed by atoms with Crippen molar-refractivity contribution >= 4 is 16.8 Å². The number of carbonyl (C=O) groups is 1. The predicted octanol–water partition coefficient (Wildman–Crippen LogP) is 3.51. The number of methoxy groups -OCH3 is 2. The zero-order valence-electron chi connectivity index (χ0n) is 21.4. The predicted molar refractivity (Wildman–Crippen MR) is 143 cm³/mol. The minimum atomic E-state index is -0.536. The normalized spacial score (nSPS) is 10.9. The van der Waals surface area contributed by atoms with E-state index in [1.807, 2.05) is 18.2 Å². The van der Waals surface area contributed by atoms with Gasteiger partial charge in [-0.3, -0.25) is 18.7 Å². The van der Waals surface area contributed by atoms with E-state index in [9.17, 15) is 18.8 Å². The van der Waals surface area contributed by atoms with Crippen LogP contribution >= 0.6 is 0 Å².